The van der Waals surface area contributed by atoms with Crippen molar-refractivity contribution in [3.05, 3.63) is 22.8 Å². The average Bonchev–Trinajstić information content (AvgIpc) is 2.14. The molecule has 0 aliphatic heterocycles. The minimum absolute atomic E-state index is 0.0491. The lowest BCUT2D eigenvalue weighted by Crippen LogP contribution is -2.24. The van der Waals surface area contributed by atoms with Gasteiger partial charge in [0.2, 0.25) is 5.88 Å². The lowest BCUT2D eigenvalue weighted by atomic mass is 10.3. The fourth-order valence-electron chi connectivity index (χ4n) is 0.897. The van der Waals surface area contributed by atoms with E-state index in [-0.39, 0.29) is 23.6 Å². The van der Waals surface area contributed by atoms with E-state index in [2.05, 4.69) is 4.98 Å². The molecule has 2 N–H and O–H groups in total. The van der Waals surface area contributed by atoms with Crippen LogP contribution in [0.25, 0.3) is 0 Å². The highest BCUT2D eigenvalue weighted by atomic mass is 35.5. The van der Waals surface area contributed by atoms with Gasteiger partial charge in [0.1, 0.15) is 11.6 Å². The summed E-state index contributed by atoms with van der Waals surface area (Å²) in [7, 11) is 0. The van der Waals surface area contributed by atoms with Gasteiger partial charge in [-0.3, -0.25) is 0 Å². The number of ether oxygens (including phenoxy) is 1. The Bertz CT molecular complexity index is 368. The molecular formula is C9H10ClF3N2O. The fourth-order valence-corrected chi connectivity index (χ4v) is 1.12. The van der Waals surface area contributed by atoms with Gasteiger partial charge in [0.25, 0.3) is 0 Å². The summed E-state index contributed by atoms with van der Waals surface area (Å²) in [4.78, 5) is 3.49. The number of hydrogen-bond donors (Lipinski definition) is 1. The molecule has 16 heavy (non-hydrogen) atoms. The van der Waals surface area contributed by atoms with Gasteiger partial charge in [-0.25, -0.2) is 4.98 Å². The maximum atomic E-state index is 12.3. The Hall–Kier alpha value is -1.01. The maximum absolute atomic E-state index is 12.3. The highest BCUT2D eigenvalue weighted by molar-refractivity contribution is 6.31. The zero-order chi connectivity index (χ0) is 12.3. The number of aromatic nitrogens is 1. The van der Waals surface area contributed by atoms with E-state index in [0.717, 1.165) is 6.07 Å². The summed E-state index contributed by atoms with van der Waals surface area (Å²) in [5.74, 6) is -0.0491. The maximum Gasteiger partial charge on any atom is 0.417 e. The van der Waals surface area contributed by atoms with Gasteiger partial charge in [-0.1, -0.05) is 11.6 Å². The number of nitrogens with two attached hydrogens (primary N) is 1. The Morgan fingerprint density at radius 1 is 1.56 bits per heavy atom. The van der Waals surface area contributed by atoms with Gasteiger partial charge in [0.05, 0.1) is 5.56 Å². The van der Waals surface area contributed by atoms with Gasteiger partial charge in [0.15, 0.2) is 0 Å². The van der Waals surface area contributed by atoms with Crippen molar-refractivity contribution in [1.82, 2.24) is 4.98 Å². The van der Waals surface area contributed by atoms with E-state index >= 15 is 0 Å². The molecule has 0 aliphatic carbocycles. The first-order chi connectivity index (χ1) is 7.30. The number of nitrogens with zero attached hydrogens (tertiary/aromatic N) is 1. The third kappa shape index (κ3) is 3.53. The second kappa shape index (κ2) is 4.88. The van der Waals surface area contributed by atoms with Crippen LogP contribution in [0, 0.1) is 0 Å². The largest absolute Gasteiger partial charge is 0.475 e. The van der Waals surface area contributed by atoms with Gasteiger partial charge in [-0.2, -0.15) is 13.2 Å². The molecule has 1 heterocycles. The van der Waals surface area contributed by atoms with Crippen LogP contribution >= 0.6 is 11.6 Å². The summed E-state index contributed by atoms with van der Waals surface area (Å²) in [5.41, 5.74) is 4.50. The van der Waals surface area contributed by atoms with Crippen LogP contribution in [0.2, 0.25) is 5.02 Å². The normalized spacial score (nSPS) is 13.6. The number of halogens is 4. The molecule has 0 radical (unpaired) electrons. The van der Waals surface area contributed by atoms with E-state index in [0.29, 0.717) is 6.20 Å². The third-order valence-electron chi connectivity index (χ3n) is 1.62. The summed E-state index contributed by atoms with van der Waals surface area (Å²) in [5, 5.41) is -0.185. The number of hydrogen-bond acceptors (Lipinski definition) is 3. The first-order valence-corrected chi connectivity index (χ1v) is 4.79. The van der Waals surface area contributed by atoms with Gasteiger partial charge in [-0.05, 0) is 13.0 Å². The van der Waals surface area contributed by atoms with Crippen LogP contribution in [0.3, 0.4) is 0 Å². The minimum atomic E-state index is -4.46. The van der Waals surface area contributed by atoms with Gasteiger partial charge < -0.3 is 10.5 Å². The van der Waals surface area contributed by atoms with E-state index in [1.54, 1.807) is 6.92 Å². The first kappa shape index (κ1) is 13.1. The Balaban J connectivity index is 2.84. The van der Waals surface area contributed by atoms with Crippen LogP contribution < -0.4 is 10.5 Å². The highest BCUT2D eigenvalue weighted by Gasteiger charge is 2.31. The Morgan fingerprint density at radius 2 is 2.19 bits per heavy atom. The van der Waals surface area contributed by atoms with E-state index in [9.17, 15) is 13.2 Å². The molecule has 1 aromatic rings. The Kier molecular flexibility index (Phi) is 3.98. The molecule has 0 saturated heterocycles. The zero-order valence-corrected chi connectivity index (χ0v) is 9.14. The molecule has 90 valence electrons. The molecule has 0 unspecified atom stereocenters. The van der Waals surface area contributed by atoms with Crippen LogP contribution in [0.5, 0.6) is 5.88 Å². The van der Waals surface area contributed by atoms with Crippen molar-refractivity contribution in [3.8, 4) is 5.88 Å². The molecule has 0 aromatic carbocycles. The van der Waals surface area contributed by atoms with Crippen LogP contribution in [0.1, 0.15) is 12.5 Å². The lowest BCUT2D eigenvalue weighted by molar-refractivity contribution is -0.137. The predicted molar refractivity (Wildman–Crippen MR) is 53.4 cm³/mol. The fraction of sp³-hybridized carbons (Fsp3) is 0.444. The molecule has 0 fully saturated rings. The topological polar surface area (TPSA) is 48.1 Å². The number of alkyl halides is 3. The average molecular weight is 255 g/mol. The molecule has 0 amide bonds. The Labute approximate surface area is 95.4 Å². The highest BCUT2D eigenvalue weighted by Crippen LogP contribution is 2.32. The molecular weight excluding hydrogens is 245 g/mol. The molecule has 0 aliphatic rings. The molecule has 0 spiro atoms. The second-order valence-electron chi connectivity index (χ2n) is 3.30. The quantitative estimate of drug-likeness (QED) is 0.901. The van der Waals surface area contributed by atoms with Crippen LogP contribution in [-0.4, -0.2) is 17.6 Å². The number of rotatable bonds is 3. The van der Waals surface area contributed by atoms with Crippen molar-refractivity contribution in [3.63, 3.8) is 0 Å². The molecule has 7 heteroatoms. The van der Waals surface area contributed by atoms with Crippen LogP contribution in [-0.2, 0) is 6.18 Å². The van der Waals surface area contributed by atoms with Crippen molar-refractivity contribution in [2.24, 2.45) is 5.73 Å². The van der Waals surface area contributed by atoms with Gasteiger partial charge in [0, 0.05) is 12.2 Å². The van der Waals surface area contributed by atoms with Gasteiger partial charge in [-0.15, -0.1) is 0 Å². The van der Waals surface area contributed by atoms with Crippen molar-refractivity contribution >= 4 is 11.6 Å². The molecule has 1 aromatic heterocycles. The van der Waals surface area contributed by atoms with E-state index in [1.807, 2.05) is 0 Å². The summed E-state index contributed by atoms with van der Waals surface area (Å²) in [6.07, 6.45) is -3.79. The van der Waals surface area contributed by atoms with Crippen molar-refractivity contribution in [1.29, 1.82) is 0 Å². The first-order valence-electron chi connectivity index (χ1n) is 4.42. The minimum Gasteiger partial charge on any atom is -0.475 e. The Morgan fingerprint density at radius 3 is 2.62 bits per heavy atom. The molecule has 3 nitrogen and oxygen atoms in total. The monoisotopic (exact) mass is 254 g/mol. The standard InChI is InChI=1S/C9H10ClF3N2O/c1-5(14)4-16-8-7(10)2-6(3-15-8)9(11,12)13/h2-3,5H,4,14H2,1H3/t5-/m1/s1. The molecule has 0 bridgehead atoms. The van der Waals surface area contributed by atoms with E-state index < -0.39 is 11.7 Å². The summed E-state index contributed by atoms with van der Waals surface area (Å²) < 4.78 is 41.8. The SMILES string of the molecule is C[C@@H](N)COc1ncc(C(F)(F)F)cc1Cl. The van der Waals surface area contributed by atoms with Crippen molar-refractivity contribution in [2.75, 3.05) is 6.61 Å². The van der Waals surface area contributed by atoms with E-state index in [1.165, 1.54) is 0 Å². The lowest BCUT2D eigenvalue weighted by Gasteiger charge is -2.11. The predicted octanol–water partition coefficient (Wildman–Crippen LogP) is 2.48. The van der Waals surface area contributed by atoms with E-state index in [4.69, 9.17) is 22.1 Å². The van der Waals surface area contributed by atoms with Crippen molar-refractivity contribution < 1.29 is 17.9 Å². The third-order valence-corrected chi connectivity index (χ3v) is 1.89. The second-order valence-corrected chi connectivity index (χ2v) is 3.70. The summed E-state index contributed by atoms with van der Waals surface area (Å²) >= 11 is 5.59. The van der Waals surface area contributed by atoms with Crippen molar-refractivity contribution in [2.45, 2.75) is 19.1 Å². The summed E-state index contributed by atoms with van der Waals surface area (Å²) in [6.45, 7) is 1.83. The molecule has 1 atom stereocenters. The van der Waals surface area contributed by atoms with Crippen LogP contribution in [0.4, 0.5) is 13.2 Å². The van der Waals surface area contributed by atoms with Crippen LogP contribution in [0.15, 0.2) is 12.3 Å². The molecule has 0 saturated carbocycles. The zero-order valence-electron chi connectivity index (χ0n) is 8.38. The summed E-state index contributed by atoms with van der Waals surface area (Å²) in [6, 6.07) is 0.519. The molecule has 1 rings (SSSR count). The smallest absolute Gasteiger partial charge is 0.417 e. The van der Waals surface area contributed by atoms with Gasteiger partial charge >= 0.3 is 6.18 Å². The number of pyridine rings is 1.